The summed E-state index contributed by atoms with van der Waals surface area (Å²) >= 11 is 0. The number of aryl methyl sites for hydroxylation is 1. The predicted molar refractivity (Wildman–Crippen MR) is 102 cm³/mol. The topological polar surface area (TPSA) is 33.7 Å². The molecule has 1 atom stereocenters. The third-order valence-electron chi connectivity index (χ3n) is 4.78. The zero-order valence-electron chi connectivity index (χ0n) is 15.4. The number of nitrogens with zero attached hydrogens (tertiary/aromatic N) is 1. The SMILES string of the molecule is COc1ccc(C)cc1C(C)NCc1ccc(N2CCOCC2)cc1. The zero-order chi connectivity index (χ0) is 17.6. The molecule has 1 saturated heterocycles. The van der Waals surface area contributed by atoms with Crippen molar-refractivity contribution in [3.63, 3.8) is 0 Å². The molecular weight excluding hydrogens is 312 g/mol. The summed E-state index contributed by atoms with van der Waals surface area (Å²) in [4.78, 5) is 2.38. The first kappa shape index (κ1) is 17.8. The first-order valence-corrected chi connectivity index (χ1v) is 8.97. The van der Waals surface area contributed by atoms with E-state index in [1.54, 1.807) is 7.11 Å². The van der Waals surface area contributed by atoms with E-state index in [1.807, 2.05) is 6.07 Å². The van der Waals surface area contributed by atoms with Crippen molar-refractivity contribution >= 4 is 5.69 Å². The maximum absolute atomic E-state index is 5.50. The van der Waals surface area contributed by atoms with Gasteiger partial charge in [0.15, 0.2) is 0 Å². The summed E-state index contributed by atoms with van der Waals surface area (Å²) in [6.07, 6.45) is 0. The van der Waals surface area contributed by atoms with Gasteiger partial charge in [-0.05, 0) is 37.6 Å². The Morgan fingerprint density at radius 1 is 1.12 bits per heavy atom. The van der Waals surface area contributed by atoms with Crippen LogP contribution in [-0.2, 0) is 11.3 Å². The minimum Gasteiger partial charge on any atom is -0.496 e. The molecule has 134 valence electrons. The largest absolute Gasteiger partial charge is 0.496 e. The minimum atomic E-state index is 0.230. The summed E-state index contributed by atoms with van der Waals surface area (Å²) in [6, 6.07) is 15.4. The summed E-state index contributed by atoms with van der Waals surface area (Å²) in [5.74, 6) is 0.938. The normalized spacial score (nSPS) is 15.9. The fourth-order valence-corrected chi connectivity index (χ4v) is 3.22. The Morgan fingerprint density at radius 2 is 1.84 bits per heavy atom. The molecule has 3 rings (SSSR count). The van der Waals surface area contributed by atoms with E-state index in [1.165, 1.54) is 22.4 Å². The second-order valence-electron chi connectivity index (χ2n) is 6.61. The third kappa shape index (κ3) is 4.53. The Balaban J connectivity index is 1.60. The number of nitrogens with one attached hydrogen (secondary N) is 1. The highest BCUT2D eigenvalue weighted by Crippen LogP contribution is 2.26. The van der Waals surface area contributed by atoms with E-state index < -0.39 is 0 Å². The molecule has 4 heteroatoms. The number of methoxy groups -OCH3 is 1. The van der Waals surface area contributed by atoms with Crippen LogP contribution in [-0.4, -0.2) is 33.4 Å². The number of ether oxygens (including phenoxy) is 2. The first-order valence-electron chi connectivity index (χ1n) is 8.97. The van der Waals surface area contributed by atoms with Crippen molar-refractivity contribution in [3.05, 3.63) is 59.2 Å². The summed E-state index contributed by atoms with van der Waals surface area (Å²) in [5.41, 5.74) is 5.02. The number of hydrogen-bond acceptors (Lipinski definition) is 4. The van der Waals surface area contributed by atoms with Crippen LogP contribution >= 0.6 is 0 Å². The molecular formula is C21H28N2O2. The van der Waals surface area contributed by atoms with Gasteiger partial charge in [-0.1, -0.05) is 29.8 Å². The van der Waals surface area contributed by atoms with Crippen molar-refractivity contribution in [1.82, 2.24) is 5.32 Å². The summed E-state index contributed by atoms with van der Waals surface area (Å²) in [5, 5.41) is 3.60. The quantitative estimate of drug-likeness (QED) is 0.869. The molecule has 0 radical (unpaired) electrons. The predicted octanol–water partition coefficient (Wildman–Crippen LogP) is 3.69. The van der Waals surface area contributed by atoms with Crippen LogP contribution in [0.1, 0.15) is 29.7 Å². The van der Waals surface area contributed by atoms with E-state index in [0.717, 1.165) is 38.6 Å². The van der Waals surface area contributed by atoms with Gasteiger partial charge >= 0.3 is 0 Å². The fourth-order valence-electron chi connectivity index (χ4n) is 3.22. The van der Waals surface area contributed by atoms with E-state index in [-0.39, 0.29) is 6.04 Å². The molecule has 0 spiro atoms. The maximum Gasteiger partial charge on any atom is 0.123 e. The summed E-state index contributed by atoms with van der Waals surface area (Å²) in [6.45, 7) is 8.71. The molecule has 1 aliphatic rings. The van der Waals surface area contributed by atoms with E-state index in [4.69, 9.17) is 9.47 Å². The van der Waals surface area contributed by atoms with Crippen LogP contribution in [0.3, 0.4) is 0 Å². The molecule has 0 amide bonds. The van der Waals surface area contributed by atoms with Crippen molar-refractivity contribution < 1.29 is 9.47 Å². The standard InChI is InChI=1S/C21H28N2O2/c1-16-4-9-21(24-3)20(14-16)17(2)22-15-18-5-7-19(8-6-18)23-10-12-25-13-11-23/h4-9,14,17,22H,10-13,15H2,1-3H3. The van der Waals surface area contributed by atoms with Gasteiger partial charge in [0.05, 0.1) is 20.3 Å². The molecule has 1 aliphatic heterocycles. The highest BCUT2D eigenvalue weighted by Gasteiger charge is 2.13. The highest BCUT2D eigenvalue weighted by atomic mass is 16.5. The highest BCUT2D eigenvalue weighted by molar-refractivity contribution is 5.48. The summed E-state index contributed by atoms with van der Waals surface area (Å²) < 4.78 is 10.9. The van der Waals surface area contributed by atoms with Gasteiger partial charge in [0.25, 0.3) is 0 Å². The van der Waals surface area contributed by atoms with Gasteiger partial charge in [-0.25, -0.2) is 0 Å². The Bertz CT molecular complexity index is 679. The van der Waals surface area contributed by atoms with Crippen LogP contribution in [0.5, 0.6) is 5.75 Å². The number of hydrogen-bond donors (Lipinski definition) is 1. The molecule has 0 bridgehead atoms. The number of anilines is 1. The van der Waals surface area contributed by atoms with E-state index in [2.05, 4.69) is 60.5 Å². The van der Waals surface area contributed by atoms with Gasteiger partial charge in [0.1, 0.15) is 5.75 Å². The first-order chi connectivity index (χ1) is 12.2. The van der Waals surface area contributed by atoms with Crippen LogP contribution in [0.15, 0.2) is 42.5 Å². The van der Waals surface area contributed by atoms with E-state index >= 15 is 0 Å². The average molecular weight is 340 g/mol. The molecule has 4 nitrogen and oxygen atoms in total. The maximum atomic E-state index is 5.50. The monoisotopic (exact) mass is 340 g/mol. The lowest BCUT2D eigenvalue weighted by molar-refractivity contribution is 0.122. The molecule has 0 saturated carbocycles. The molecule has 1 unspecified atom stereocenters. The third-order valence-corrected chi connectivity index (χ3v) is 4.78. The minimum absolute atomic E-state index is 0.230. The number of rotatable bonds is 6. The molecule has 2 aromatic carbocycles. The van der Waals surface area contributed by atoms with Gasteiger partial charge in [0.2, 0.25) is 0 Å². The number of morpholine rings is 1. The van der Waals surface area contributed by atoms with Crippen molar-refractivity contribution in [2.75, 3.05) is 38.3 Å². The van der Waals surface area contributed by atoms with Crippen LogP contribution in [0.4, 0.5) is 5.69 Å². The van der Waals surface area contributed by atoms with Crippen LogP contribution in [0.2, 0.25) is 0 Å². The molecule has 1 heterocycles. The molecule has 1 fully saturated rings. The van der Waals surface area contributed by atoms with E-state index in [0.29, 0.717) is 0 Å². The lowest BCUT2D eigenvalue weighted by atomic mass is 10.0. The Morgan fingerprint density at radius 3 is 2.52 bits per heavy atom. The van der Waals surface area contributed by atoms with Crippen molar-refractivity contribution in [3.8, 4) is 5.75 Å². The second-order valence-corrected chi connectivity index (χ2v) is 6.61. The Labute approximate surface area is 150 Å². The van der Waals surface area contributed by atoms with Crippen molar-refractivity contribution in [2.45, 2.75) is 26.4 Å². The molecule has 25 heavy (non-hydrogen) atoms. The van der Waals surface area contributed by atoms with Crippen LogP contribution in [0, 0.1) is 6.92 Å². The van der Waals surface area contributed by atoms with E-state index in [9.17, 15) is 0 Å². The molecule has 0 aromatic heterocycles. The summed E-state index contributed by atoms with van der Waals surface area (Å²) in [7, 11) is 1.73. The number of benzene rings is 2. The Kier molecular flexibility index (Phi) is 5.95. The fraction of sp³-hybridized carbons (Fsp3) is 0.429. The molecule has 0 aliphatic carbocycles. The van der Waals surface area contributed by atoms with Crippen LogP contribution < -0.4 is 15.0 Å². The molecule has 1 N–H and O–H groups in total. The second kappa shape index (κ2) is 8.37. The smallest absolute Gasteiger partial charge is 0.123 e. The lowest BCUT2D eigenvalue weighted by Gasteiger charge is -2.29. The van der Waals surface area contributed by atoms with Gasteiger partial charge < -0.3 is 19.7 Å². The van der Waals surface area contributed by atoms with Crippen molar-refractivity contribution in [1.29, 1.82) is 0 Å². The average Bonchev–Trinajstić information content (AvgIpc) is 2.67. The Hall–Kier alpha value is -2.04. The van der Waals surface area contributed by atoms with Gasteiger partial charge in [-0.2, -0.15) is 0 Å². The zero-order valence-corrected chi connectivity index (χ0v) is 15.4. The van der Waals surface area contributed by atoms with Crippen LogP contribution in [0.25, 0.3) is 0 Å². The van der Waals surface area contributed by atoms with Gasteiger partial charge in [-0.3, -0.25) is 0 Å². The lowest BCUT2D eigenvalue weighted by Crippen LogP contribution is -2.36. The van der Waals surface area contributed by atoms with Gasteiger partial charge in [-0.15, -0.1) is 0 Å². The molecule has 2 aromatic rings. The van der Waals surface area contributed by atoms with Crippen molar-refractivity contribution in [2.24, 2.45) is 0 Å². The van der Waals surface area contributed by atoms with Gasteiger partial charge in [0, 0.05) is 36.9 Å².